The van der Waals surface area contributed by atoms with Crippen molar-refractivity contribution < 1.29 is 28.7 Å². The lowest BCUT2D eigenvalue weighted by atomic mass is 9.85. The van der Waals surface area contributed by atoms with Gasteiger partial charge >= 0.3 is 0 Å². The summed E-state index contributed by atoms with van der Waals surface area (Å²) < 4.78 is 24.7. The lowest BCUT2D eigenvalue weighted by Crippen LogP contribution is -2.47. The van der Waals surface area contributed by atoms with Crippen LogP contribution in [0.25, 0.3) is 11.1 Å². The fourth-order valence-corrected chi connectivity index (χ4v) is 7.62. The van der Waals surface area contributed by atoms with Gasteiger partial charge in [-0.05, 0) is 84.6 Å². The highest BCUT2D eigenvalue weighted by Gasteiger charge is 2.39. The van der Waals surface area contributed by atoms with E-state index in [9.17, 15) is 10.3 Å². The lowest BCUT2D eigenvalue weighted by Gasteiger charge is -2.49. The first kappa shape index (κ1) is 27.3. The van der Waals surface area contributed by atoms with Crippen LogP contribution in [-0.2, 0) is 25.7 Å². The average Bonchev–Trinajstić information content (AvgIpc) is 3.02. The minimum absolute atomic E-state index is 0.00427. The molecule has 44 heavy (non-hydrogen) atoms. The summed E-state index contributed by atoms with van der Waals surface area (Å²) >= 11 is 0. The van der Waals surface area contributed by atoms with Crippen LogP contribution >= 0.6 is 0 Å². The number of likely N-dealkylation sites (N-methyl/N-ethyl adjacent to an activating group) is 2. The molecule has 4 aliphatic heterocycles. The van der Waals surface area contributed by atoms with Gasteiger partial charge in [0.1, 0.15) is 17.5 Å². The predicted molar refractivity (Wildman–Crippen MR) is 167 cm³/mol. The van der Waals surface area contributed by atoms with Crippen LogP contribution in [0.3, 0.4) is 0 Å². The van der Waals surface area contributed by atoms with Crippen LogP contribution < -0.4 is 18.9 Å². The van der Waals surface area contributed by atoms with Gasteiger partial charge in [-0.1, -0.05) is 12.1 Å². The van der Waals surface area contributed by atoms with Crippen LogP contribution in [0.15, 0.2) is 54.6 Å². The van der Waals surface area contributed by atoms with Crippen molar-refractivity contribution >= 4 is 0 Å². The quantitative estimate of drug-likeness (QED) is 0.177. The lowest BCUT2D eigenvalue weighted by molar-refractivity contribution is -0.894. The molecule has 8 heteroatoms. The summed E-state index contributed by atoms with van der Waals surface area (Å²) in [6.07, 6.45) is 2.73. The maximum absolute atomic E-state index is 14.0. The van der Waals surface area contributed by atoms with Gasteiger partial charge in [0, 0.05) is 47.7 Å². The number of hydrogen-bond acceptors (Lipinski definition) is 7. The van der Waals surface area contributed by atoms with Crippen LogP contribution in [0.1, 0.15) is 45.5 Å². The molecule has 226 valence electrons. The smallest absolute Gasteiger partial charge is 0.212 e. The Morgan fingerprint density at radius 3 is 2.39 bits per heavy atom. The molecule has 8 nitrogen and oxygen atoms in total. The number of quaternary nitrogens is 1. The van der Waals surface area contributed by atoms with Crippen molar-refractivity contribution in [1.82, 2.24) is 4.90 Å². The number of methoxy groups -OCH3 is 2. The number of ether oxygens (including phenoxy) is 4. The molecule has 4 aliphatic rings. The van der Waals surface area contributed by atoms with Gasteiger partial charge in [0.15, 0.2) is 23.0 Å². The molecule has 0 fully saturated rings. The average molecular weight is 593 g/mol. The summed E-state index contributed by atoms with van der Waals surface area (Å²) in [6, 6.07) is 17.7. The summed E-state index contributed by atoms with van der Waals surface area (Å²) in [7, 11) is 7.22. The number of nitrogens with zero attached hydrogens (tertiary/aromatic N) is 2. The molecule has 0 saturated carbocycles. The molecule has 0 saturated heterocycles. The van der Waals surface area contributed by atoms with Gasteiger partial charge in [-0.15, -0.1) is 0 Å². The first-order valence-electron chi connectivity index (χ1n) is 15.3. The number of benzene rings is 4. The highest BCUT2D eigenvalue weighted by atomic mass is 16.6. The monoisotopic (exact) mass is 592 g/mol. The van der Waals surface area contributed by atoms with Gasteiger partial charge < -0.3 is 33.9 Å². The molecule has 3 unspecified atom stereocenters. The molecule has 1 N–H and O–H groups in total. The Bertz CT molecular complexity index is 1830. The van der Waals surface area contributed by atoms with Gasteiger partial charge in [-0.25, -0.2) is 0 Å². The van der Waals surface area contributed by atoms with Gasteiger partial charge in [0.2, 0.25) is 5.75 Å². The van der Waals surface area contributed by atoms with Crippen molar-refractivity contribution in [1.29, 1.82) is 0 Å². The number of phenolic OH excluding ortho intramolecular Hbond substituents is 1. The summed E-state index contributed by atoms with van der Waals surface area (Å²) in [5, 5.41) is 25.2. The maximum atomic E-state index is 14.0. The third kappa shape index (κ3) is 4.16. The third-order valence-electron chi connectivity index (χ3n) is 10.1. The molecule has 0 aliphatic carbocycles. The zero-order chi connectivity index (χ0) is 30.3. The first-order chi connectivity index (χ1) is 21.2. The van der Waals surface area contributed by atoms with Crippen molar-refractivity contribution in [2.24, 2.45) is 0 Å². The number of rotatable bonds is 2. The van der Waals surface area contributed by atoms with Crippen molar-refractivity contribution in [3.63, 3.8) is 0 Å². The Labute approximate surface area is 257 Å². The fraction of sp³-hybridized carbons (Fsp3) is 0.333. The Morgan fingerprint density at radius 2 is 1.57 bits per heavy atom. The summed E-state index contributed by atoms with van der Waals surface area (Å²) in [4.78, 5) is 2.36. The minimum Gasteiger partial charge on any atom is -0.633 e. The molecule has 0 aromatic heterocycles. The summed E-state index contributed by atoms with van der Waals surface area (Å²) in [5.74, 6) is 4.05. The molecule has 4 aromatic carbocycles. The second kappa shape index (κ2) is 9.89. The van der Waals surface area contributed by atoms with Crippen LogP contribution in [0.4, 0.5) is 0 Å². The number of phenols is 1. The SMILES string of the molecule is COc1ccc2cc1-c1cc(ccc1O)CC1c3cc4c(cc3CC[N+]1(C)[O-])Oc1c(OC)cc3c(c1O4)C(C2)N(C)CC3. The zero-order valence-corrected chi connectivity index (χ0v) is 25.5. The van der Waals surface area contributed by atoms with Crippen LogP contribution in [0.2, 0.25) is 0 Å². The van der Waals surface area contributed by atoms with Gasteiger partial charge in [0.25, 0.3) is 0 Å². The molecule has 0 amide bonds. The predicted octanol–water partition coefficient (Wildman–Crippen LogP) is 6.84. The standard InChI is InChI=1S/C36H36N2O6/c1-37-11-9-23-18-33(42-4)35-36-34(23)27(37)15-20-6-8-30(41-3)26(14-20)25-13-21(5-7-29(25)39)16-28-24-19-32(44-36)31(43-35)17-22(24)10-12-38(28,2)40/h5-8,13-14,17-19,27-28,39H,9-12,15-16H2,1-4H3. The van der Waals surface area contributed by atoms with Crippen LogP contribution in [0, 0.1) is 5.21 Å². The normalized spacial score (nSPS) is 23.0. The zero-order valence-electron chi connectivity index (χ0n) is 25.5. The van der Waals surface area contributed by atoms with E-state index < -0.39 is 4.65 Å². The Balaban J connectivity index is 1.41. The summed E-state index contributed by atoms with van der Waals surface area (Å²) in [6.45, 7) is 1.34. The van der Waals surface area contributed by atoms with E-state index in [1.54, 1.807) is 27.3 Å². The highest BCUT2D eigenvalue weighted by molar-refractivity contribution is 5.77. The van der Waals surface area contributed by atoms with E-state index in [1.807, 2.05) is 30.3 Å². The van der Waals surface area contributed by atoms with Crippen molar-refractivity contribution in [3.05, 3.63) is 93.2 Å². The second-order valence-electron chi connectivity index (χ2n) is 12.7. The van der Waals surface area contributed by atoms with E-state index in [0.29, 0.717) is 65.9 Å². The van der Waals surface area contributed by atoms with Crippen LogP contribution in [0.5, 0.6) is 40.2 Å². The fourth-order valence-electron chi connectivity index (χ4n) is 7.62. The molecule has 8 rings (SSSR count). The highest BCUT2D eigenvalue weighted by Crippen LogP contribution is 2.57. The number of hydrogen-bond donors (Lipinski definition) is 1. The van der Waals surface area contributed by atoms with E-state index in [-0.39, 0.29) is 17.8 Å². The van der Waals surface area contributed by atoms with Gasteiger partial charge in [0.05, 0.1) is 27.8 Å². The van der Waals surface area contributed by atoms with E-state index in [4.69, 9.17) is 18.9 Å². The van der Waals surface area contributed by atoms with E-state index in [0.717, 1.165) is 46.3 Å². The topological polar surface area (TPSA) is 83.5 Å². The molecule has 0 spiro atoms. The van der Waals surface area contributed by atoms with E-state index in [2.05, 4.69) is 30.1 Å². The molecule has 7 bridgehead atoms. The van der Waals surface area contributed by atoms with E-state index in [1.165, 1.54) is 5.56 Å². The van der Waals surface area contributed by atoms with Crippen LogP contribution in [-0.4, -0.2) is 56.1 Å². The molecular formula is C36H36N2O6. The van der Waals surface area contributed by atoms with Gasteiger partial charge in [-0.2, -0.15) is 0 Å². The first-order valence-corrected chi connectivity index (χ1v) is 15.3. The Morgan fingerprint density at radius 1 is 0.841 bits per heavy atom. The molecule has 4 heterocycles. The minimum atomic E-state index is -0.395. The number of fused-ring (bicyclic) bond motifs is 5. The molecule has 3 atom stereocenters. The number of hydroxylamine groups is 3. The van der Waals surface area contributed by atoms with E-state index >= 15 is 0 Å². The Hall–Kier alpha value is -4.24. The number of aromatic hydroxyl groups is 1. The summed E-state index contributed by atoms with van der Waals surface area (Å²) in [5.41, 5.74) is 7.93. The Kier molecular flexibility index (Phi) is 6.14. The maximum Gasteiger partial charge on any atom is 0.212 e. The molecular weight excluding hydrogens is 556 g/mol. The molecule has 0 radical (unpaired) electrons. The van der Waals surface area contributed by atoms with Crippen molar-refractivity contribution in [2.45, 2.75) is 37.8 Å². The molecule has 4 aromatic rings. The third-order valence-corrected chi connectivity index (χ3v) is 10.1. The van der Waals surface area contributed by atoms with Crippen molar-refractivity contribution in [2.75, 3.05) is 41.4 Å². The second-order valence-corrected chi connectivity index (χ2v) is 12.7. The van der Waals surface area contributed by atoms with Crippen molar-refractivity contribution in [3.8, 4) is 51.4 Å². The largest absolute Gasteiger partial charge is 0.633 e. The van der Waals surface area contributed by atoms with Gasteiger partial charge in [-0.3, -0.25) is 4.90 Å².